The fourth-order valence-corrected chi connectivity index (χ4v) is 1.86. The lowest BCUT2D eigenvalue weighted by atomic mass is 10.1. The molecule has 5 nitrogen and oxygen atoms in total. The molecule has 1 aliphatic rings. The number of guanidine groups is 1. The lowest BCUT2D eigenvalue weighted by Gasteiger charge is -2.36. The van der Waals surface area contributed by atoms with Crippen LogP contribution in [0.3, 0.4) is 0 Å². The maximum atomic E-state index is 7.52. The molecule has 0 saturated carbocycles. The van der Waals surface area contributed by atoms with E-state index in [2.05, 4.69) is 10.3 Å². The second-order valence-corrected chi connectivity index (χ2v) is 3.58. The number of aromatic nitrogens is 1. The summed E-state index contributed by atoms with van der Waals surface area (Å²) in [6, 6.07) is 4.05. The summed E-state index contributed by atoms with van der Waals surface area (Å²) < 4.78 is 0. The number of hydrogen-bond donors (Lipinski definition) is 3. The summed E-state index contributed by atoms with van der Waals surface area (Å²) in [4.78, 5) is 5.98. The molecule has 0 aliphatic carbocycles. The Balaban J connectivity index is 2.22. The number of pyridine rings is 1. The lowest BCUT2D eigenvalue weighted by Crippen LogP contribution is -2.50. The minimum absolute atomic E-state index is 0.130. The summed E-state index contributed by atoms with van der Waals surface area (Å²) in [5.41, 5.74) is 6.65. The summed E-state index contributed by atoms with van der Waals surface area (Å²) in [6.07, 6.45) is 3.57. The van der Waals surface area contributed by atoms with Crippen LogP contribution >= 0.6 is 0 Å². The first-order valence-corrected chi connectivity index (χ1v) is 5.00. The third-order valence-electron chi connectivity index (χ3n) is 2.62. The molecule has 0 amide bonds. The maximum absolute atomic E-state index is 7.52. The average Bonchev–Trinajstić information content (AvgIpc) is 2.30. The van der Waals surface area contributed by atoms with Gasteiger partial charge in [-0.05, 0) is 11.6 Å². The molecule has 15 heavy (non-hydrogen) atoms. The van der Waals surface area contributed by atoms with E-state index < -0.39 is 0 Å². The van der Waals surface area contributed by atoms with Crippen molar-refractivity contribution in [2.24, 2.45) is 5.73 Å². The third-order valence-corrected chi connectivity index (χ3v) is 2.62. The van der Waals surface area contributed by atoms with Gasteiger partial charge in [-0.25, -0.2) is 0 Å². The van der Waals surface area contributed by atoms with Crippen LogP contribution in [0, 0.1) is 5.41 Å². The molecule has 1 unspecified atom stereocenters. The van der Waals surface area contributed by atoms with Gasteiger partial charge in [-0.2, -0.15) is 0 Å². The Labute approximate surface area is 88.8 Å². The van der Waals surface area contributed by atoms with Crippen LogP contribution in [-0.4, -0.2) is 35.5 Å². The van der Waals surface area contributed by atoms with E-state index >= 15 is 0 Å². The minimum Gasteiger partial charge on any atom is -0.370 e. The first kappa shape index (κ1) is 9.92. The van der Waals surface area contributed by atoms with E-state index in [1.165, 1.54) is 0 Å². The quantitative estimate of drug-likeness (QED) is 0.442. The smallest absolute Gasteiger partial charge is 0.188 e. The predicted molar refractivity (Wildman–Crippen MR) is 58.5 cm³/mol. The fourth-order valence-electron chi connectivity index (χ4n) is 1.86. The Hall–Kier alpha value is -1.62. The monoisotopic (exact) mass is 205 g/mol. The van der Waals surface area contributed by atoms with Crippen molar-refractivity contribution in [3.63, 3.8) is 0 Å². The van der Waals surface area contributed by atoms with Gasteiger partial charge in [-0.3, -0.25) is 10.4 Å². The highest BCUT2D eigenvalue weighted by atomic mass is 15.3. The van der Waals surface area contributed by atoms with Gasteiger partial charge in [0.15, 0.2) is 5.96 Å². The summed E-state index contributed by atoms with van der Waals surface area (Å²) in [7, 11) is 0. The summed E-state index contributed by atoms with van der Waals surface area (Å²) in [6.45, 7) is 2.45. The molecule has 1 aromatic rings. The first-order valence-electron chi connectivity index (χ1n) is 5.00. The first-order chi connectivity index (χ1) is 7.29. The number of nitrogens with zero attached hydrogens (tertiary/aromatic N) is 2. The van der Waals surface area contributed by atoms with Crippen molar-refractivity contribution in [3.8, 4) is 0 Å². The van der Waals surface area contributed by atoms with Gasteiger partial charge in [0, 0.05) is 32.0 Å². The molecule has 0 spiro atoms. The van der Waals surface area contributed by atoms with E-state index in [9.17, 15) is 0 Å². The van der Waals surface area contributed by atoms with Crippen molar-refractivity contribution in [3.05, 3.63) is 30.1 Å². The molecule has 1 fully saturated rings. The summed E-state index contributed by atoms with van der Waals surface area (Å²) in [5, 5.41) is 10.8. The van der Waals surface area contributed by atoms with Crippen LogP contribution in [0.5, 0.6) is 0 Å². The van der Waals surface area contributed by atoms with E-state index in [0.29, 0.717) is 0 Å². The largest absolute Gasteiger partial charge is 0.370 e. The van der Waals surface area contributed by atoms with Gasteiger partial charge in [0.2, 0.25) is 0 Å². The Bertz CT molecular complexity index is 337. The van der Waals surface area contributed by atoms with Crippen LogP contribution in [0.1, 0.15) is 11.6 Å². The fraction of sp³-hybridized carbons (Fsp3) is 0.400. The van der Waals surface area contributed by atoms with E-state index in [-0.39, 0.29) is 12.0 Å². The Kier molecular flexibility index (Phi) is 2.82. The van der Waals surface area contributed by atoms with Gasteiger partial charge in [0.05, 0.1) is 6.04 Å². The van der Waals surface area contributed by atoms with Crippen LogP contribution in [0.4, 0.5) is 0 Å². The molecule has 0 aromatic carbocycles. The number of hydrogen-bond acceptors (Lipinski definition) is 3. The van der Waals surface area contributed by atoms with E-state index in [0.717, 1.165) is 25.2 Å². The van der Waals surface area contributed by atoms with Crippen molar-refractivity contribution in [2.75, 3.05) is 19.6 Å². The Morgan fingerprint density at radius 2 is 2.53 bits per heavy atom. The molecular formula is C10H15N5. The highest BCUT2D eigenvalue weighted by Gasteiger charge is 2.24. The molecule has 2 heterocycles. The van der Waals surface area contributed by atoms with Crippen molar-refractivity contribution in [1.82, 2.24) is 15.2 Å². The van der Waals surface area contributed by atoms with Gasteiger partial charge in [0.25, 0.3) is 0 Å². The maximum Gasteiger partial charge on any atom is 0.188 e. The molecule has 1 aliphatic heterocycles. The van der Waals surface area contributed by atoms with Gasteiger partial charge in [-0.15, -0.1) is 0 Å². The molecule has 1 atom stereocenters. The van der Waals surface area contributed by atoms with Crippen molar-refractivity contribution in [2.45, 2.75) is 6.04 Å². The zero-order valence-electron chi connectivity index (χ0n) is 8.48. The van der Waals surface area contributed by atoms with E-state index in [1.807, 2.05) is 23.2 Å². The van der Waals surface area contributed by atoms with Crippen molar-refractivity contribution >= 4 is 5.96 Å². The van der Waals surface area contributed by atoms with Crippen LogP contribution in [0.2, 0.25) is 0 Å². The average molecular weight is 205 g/mol. The van der Waals surface area contributed by atoms with Crippen LogP contribution < -0.4 is 11.1 Å². The molecular weight excluding hydrogens is 190 g/mol. The van der Waals surface area contributed by atoms with Crippen LogP contribution in [0.15, 0.2) is 24.5 Å². The second-order valence-electron chi connectivity index (χ2n) is 3.58. The lowest BCUT2D eigenvalue weighted by molar-refractivity contribution is 0.257. The molecule has 4 N–H and O–H groups in total. The zero-order valence-corrected chi connectivity index (χ0v) is 8.48. The Morgan fingerprint density at radius 3 is 3.20 bits per heavy atom. The minimum atomic E-state index is 0.130. The number of nitrogens with two attached hydrogens (primary N) is 1. The summed E-state index contributed by atoms with van der Waals surface area (Å²) in [5.74, 6) is 0.130. The van der Waals surface area contributed by atoms with Gasteiger partial charge < -0.3 is 16.0 Å². The van der Waals surface area contributed by atoms with E-state index in [4.69, 9.17) is 11.1 Å². The van der Waals surface area contributed by atoms with Crippen molar-refractivity contribution in [1.29, 1.82) is 5.41 Å². The van der Waals surface area contributed by atoms with Crippen LogP contribution in [0.25, 0.3) is 0 Å². The molecule has 2 rings (SSSR count). The molecule has 1 aromatic heterocycles. The highest BCUT2D eigenvalue weighted by Crippen LogP contribution is 2.20. The normalized spacial score (nSPS) is 21.3. The van der Waals surface area contributed by atoms with E-state index in [1.54, 1.807) is 6.20 Å². The van der Waals surface area contributed by atoms with Gasteiger partial charge in [-0.1, -0.05) is 6.07 Å². The van der Waals surface area contributed by atoms with Gasteiger partial charge in [0.1, 0.15) is 0 Å². The van der Waals surface area contributed by atoms with Crippen LogP contribution in [-0.2, 0) is 0 Å². The molecule has 0 bridgehead atoms. The zero-order chi connectivity index (χ0) is 10.7. The molecule has 0 radical (unpaired) electrons. The topological polar surface area (TPSA) is 78.0 Å². The Morgan fingerprint density at radius 1 is 1.67 bits per heavy atom. The standard InChI is InChI=1S/C10H15N5/c11-10(12)15-5-4-14-7-9(15)8-2-1-3-13-6-8/h1-3,6,9,14H,4-5,7H2,(H3,11,12). The number of rotatable bonds is 1. The number of piperazine rings is 1. The molecule has 1 saturated heterocycles. The second kappa shape index (κ2) is 4.27. The molecule has 80 valence electrons. The van der Waals surface area contributed by atoms with Crippen molar-refractivity contribution < 1.29 is 0 Å². The highest BCUT2D eigenvalue weighted by molar-refractivity contribution is 5.75. The number of nitrogens with one attached hydrogen (secondary N) is 2. The molecule has 5 heteroatoms. The SMILES string of the molecule is N=C(N)N1CCNCC1c1cccnc1. The van der Waals surface area contributed by atoms with Gasteiger partial charge >= 0.3 is 0 Å². The third kappa shape index (κ3) is 2.07. The predicted octanol–water partition coefficient (Wildman–Crippen LogP) is -0.0786. The summed E-state index contributed by atoms with van der Waals surface area (Å²) >= 11 is 0.